The van der Waals surface area contributed by atoms with Crippen molar-refractivity contribution in [1.82, 2.24) is 9.66 Å². The van der Waals surface area contributed by atoms with Gasteiger partial charge >= 0.3 is 0 Å². The SMILES string of the molecule is CNc1nc(COC2CCCCC2)cc(=O)n1N/N=C/c1ccccc1. The Morgan fingerprint density at radius 2 is 2.04 bits per heavy atom. The molecule has 1 fully saturated rings. The maximum Gasteiger partial charge on any atom is 0.275 e. The summed E-state index contributed by atoms with van der Waals surface area (Å²) in [5, 5.41) is 7.03. The van der Waals surface area contributed by atoms with Gasteiger partial charge in [-0.25, -0.2) is 10.5 Å². The fraction of sp³-hybridized carbons (Fsp3) is 0.421. The molecule has 0 radical (unpaired) electrons. The molecule has 0 spiro atoms. The minimum atomic E-state index is -0.239. The van der Waals surface area contributed by atoms with E-state index in [4.69, 9.17) is 4.74 Å². The van der Waals surface area contributed by atoms with Crippen LogP contribution in [0.1, 0.15) is 43.4 Å². The molecule has 1 heterocycles. The molecule has 0 saturated heterocycles. The molecule has 7 nitrogen and oxygen atoms in total. The lowest BCUT2D eigenvalue weighted by Gasteiger charge is -2.22. The van der Waals surface area contributed by atoms with Gasteiger partial charge in [-0.05, 0) is 18.4 Å². The minimum Gasteiger partial charge on any atom is -0.372 e. The largest absolute Gasteiger partial charge is 0.372 e. The van der Waals surface area contributed by atoms with E-state index in [1.54, 1.807) is 13.3 Å². The van der Waals surface area contributed by atoms with Crippen LogP contribution in [0.15, 0.2) is 46.3 Å². The number of hydrazone groups is 1. The third-order valence-corrected chi connectivity index (χ3v) is 4.39. The molecule has 7 heteroatoms. The predicted octanol–water partition coefficient (Wildman–Crippen LogP) is 2.71. The molecule has 1 saturated carbocycles. The number of rotatable bonds is 7. The Balaban J connectivity index is 1.66. The predicted molar refractivity (Wildman–Crippen MR) is 103 cm³/mol. The molecule has 2 N–H and O–H groups in total. The number of benzene rings is 1. The van der Waals surface area contributed by atoms with Crippen LogP contribution < -0.4 is 16.4 Å². The van der Waals surface area contributed by atoms with Crippen molar-refractivity contribution in [1.29, 1.82) is 0 Å². The summed E-state index contributed by atoms with van der Waals surface area (Å²) < 4.78 is 7.18. The molecule has 2 aromatic rings. The van der Waals surface area contributed by atoms with Gasteiger partial charge < -0.3 is 10.1 Å². The van der Waals surface area contributed by atoms with Crippen LogP contribution in [0.25, 0.3) is 0 Å². The van der Waals surface area contributed by atoms with Crippen LogP contribution in [0.4, 0.5) is 5.95 Å². The van der Waals surface area contributed by atoms with E-state index in [9.17, 15) is 4.79 Å². The molecule has 26 heavy (non-hydrogen) atoms. The van der Waals surface area contributed by atoms with Gasteiger partial charge in [-0.1, -0.05) is 49.6 Å². The molecule has 1 aromatic carbocycles. The number of hydrogen-bond donors (Lipinski definition) is 2. The van der Waals surface area contributed by atoms with Crippen molar-refractivity contribution in [2.45, 2.75) is 44.8 Å². The van der Waals surface area contributed by atoms with E-state index in [1.165, 1.54) is 30.0 Å². The normalized spacial score (nSPS) is 15.3. The Kier molecular flexibility index (Phi) is 6.38. The van der Waals surface area contributed by atoms with Gasteiger partial charge in [0.15, 0.2) is 0 Å². The van der Waals surface area contributed by atoms with Crippen LogP contribution in [-0.2, 0) is 11.3 Å². The molecule has 0 atom stereocenters. The minimum absolute atomic E-state index is 0.239. The third-order valence-electron chi connectivity index (χ3n) is 4.39. The van der Waals surface area contributed by atoms with Crippen molar-refractivity contribution in [3.8, 4) is 0 Å². The molecule has 1 aromatic heterocycles. The van der Waals surface area contributed by atoms with Crippen molar-refractivity contribution in [3.63, 3.8) is 0 Å². The first-order chi connectivity index (χ1) is 12.8. The van der Waals surface area contributed by atoms with Crippen molar-refractivity contribution >= 4 is 12.2 Å². The Morgan fingerprint density at radius 1 is 1.27 bits per heavy atom. The molecular weight excluding hydrogens is 330 g/mol. The van der Waals surface area contributed by atoms with Crippen molar-refractivity contribution in [2.75, 3.05) is 17.9 Å². The molecular formula is C19H25N5O2. The summed E-state index contributed by atoms with van der Waals surface area (Å²) in [7, 11) is 1.71. The molecule has 3 rings (SSSR count). The molecule has 1 aliphatic carbocycles. The maximum absolute atomic E-state index is 12.4. The first kappa shape index (κ1) is 18.1. The fourth-order valence-electron chi connectivity index (χ4n) is 3.00. The molecule has 1 aliphatic rings. The highest BCUT2D eigenvalue weighted by molar-refractivity contribution is 5.79. The van der Waals surface area contributed by atoms with Gasteiger partial charge in [-0.3, -0.25) is 4.79 Å². The molecule has 0 bridgehead atoms. The standard InChI is InChI=1S/C19H25N5O2/c1-20-19-22-16(14-26-17-10-6-3-7-11-17)12-18(25)24(19)23-21-13-15-8-4-2-5-9-15/h2,4-5,8-9,12-13,17,23H,3,6-7,10-11,14H2,1H3,(H,20,22)/b21-13+. The lowest BCUT2D eigenvalue weighted by atomic mass is 9.98. The Morgan fingerprint density at radius 3 is 2.77 bits per heavy atom. The highest BCUT2D eigenvalue weighted by atomic mass is 16.5. The van der Waals surface area contributed by atoms with Crippen molar-refractivity contribution < 1.29 is 4.74 Å². The van der Waals surface area contributed by atoms with E-state index < -0.39 is 0 Å². The van der Waals surface area contributed by atoms with Crippen LogP contribution in [-0.4, -0.2) is 29.0 Å². The van der Waals surface area contributed by atoms with Crippen molar-refractivity contribution in [2.24, 2.45) is 5.10 Å². The third kappa shape index (κ3) is 4.92. The Bertz CT molecular complexity index is 782. The highest BCUT2D eigenvalue weighted by Gasteiger charge is 2.15. The first-order valence-corrected chi connectivity index (χ1v) is 9.03. The molecule has 0 aliphatic heterocycles. The number of nitrogens with zero attached hydrogens (tertiary/aromatic N) is 3. The van der Waals surface area contributed by atoms with Crippen molar-refractivity contribution in [3.05, 3.63) is 58.0 Å². The molecule has 0 unspecified atom stereocenters. The summed E-state index contributed by atoms with van der Waals surface area (Å²) in [6, 6.07) is 11.1. The van der Waals surface area contributed by atoms with Gasteiger partial charge in [0, 0.05) is 13.1 Å². The summed E-state index contributed by atoms with van der Waals surface area (Å²) >= 11 is 0. The summed E-state index contributed by atoms with van der Waals surface area (Å²) in [5.74, 6) is 0.393. The van der Waals surface area contributed by atoms with Gasteiger partial charge in [-0.2, -0.15) is 9.78 Å². The Labute approximate surface area is 153 Å². The zero-order valence-electron chi connectivity index (χ0n) is 15.0. The van der Waals surface area contributed by atoms with Gasteiger partial charge in [-0.15, -0.1) is 0 Å². The monoisotopic (exact) mass is 355 g/mol. The zero-order valence-corrected chi connectivity index (χ0v) is 15.0. The van der Waals surface area contributed by atoms with Gasteiger partial charge in [0.2, 0.25) is 5.95 Å². The summed E-state index contributed by atoms with van der Waals surface area (Å²) in [4.78, 5) is 16.9. The summed E-state index contributed by atoms with van der Waals surface area (Å²) in [6.07, 6.45) is 7.81. The van der Waals surface area contributed by atoms with Crippen LogP contribution >= 0.6 is 0 Å². The van der Waals surface area contributed by atoms with E-state index in [1.807, 2.05) is 30.3 Å². The number of hydrogen-bond acceptors (Lipinski definition) is 6. The molecule has 138 valence electrons. The quantitative estimate of drug-likeness (QED) is 0.590. The second kappa shape index (κ2) is 9.15. The second-order valence-electron chi connectivity index (χ2n) is 6.33. The van der Waals surface area contributed by atoms with Crippen LogP contribution in [0.3, 0.4) is 0 Å². The number of anilines is 1. The van der Waals surface area contributed by atoms with E-state index in [0.29, 0.717) is 18.2 Å². The molecule has 0 amide bonds. The zero-order chi connectivity index (χ0) is 18.2. The van der Waals surface area contributed by atoms with Gasteiger partial charge in [0.1, 0.15) is 0 Å². The summed E-state index contributed by atoms with van der Waals surface area (Å²) in [6.45, 7) is 0.350. The number of ether oxygens (including phenoxy) is 1. The smallest absolute Gasteiger partial charge is 0.275 e. The number of nitrogens with one attached hydrogen (secondary N) is 2. The average molecular weight is 355 g/mol. The maximum atomic E-state index is 12.4. The average Bonchev–Trinajstić information content (AvgIpc) is 2.69. The number of aromatic nitrogens is 2. The van der Waals surface area contributed by atoms with E-state index in [2.05, 4.69) is 20.9 Å². The Hall–Kier alpha value is -2.67. The topological polar surface area (TPSA) is 80.5 Å². The van der Waals surface area contributed by atoms with Gasteiger partial charge in [0.05, 0.1) is 24.6 Å². The lowest BCUT2D eigenvalue weighted by Crippen LogP contribution is -2.30. The van der Waals surface area contributed by atoms with E-state index in [-0.39, 0.29) is 11.7 Å². The first-order valence-electron chi connectivity index (χ1n) is 9.03. The van der Waals surface area contributed by atoms with Crippen LogP contribution in [0.5, 0.6) is 0 Å². The van der Waals surface area contributed by atoms with E-state index >= 15 is 0 Å². The van der Waals surface area contributed by atoms with Gasteiger partial charge in [0.25, 0.3) is 5.56 Å². The summed E-state index contributed by atoms with van der Waals surface area (Å²) in [5.41, 5.74) is 4.04. The lowest BCUT2D eigenvalue weighted by molar-refractivity contribution is 0.0152. The van der Waals surface area contributed by atoms with E-state index in [0.717, 1.165) is 18.4 Å². The second-order valence-corrected chi connectivity index (χ2v) is 6.33. The van der Waals surface area contributed by atoms with Crippen LogP contribution in [0, 0.1) is 0 Å². The highest BCUT2D eigenvalue weighted by Crippen LogP contribution is 2.21. The fourth-order valence-corrected chi connectivity index (χ4v) is 3.00. The van der Waals surface area contributed by atoms with Crippen LogP contribution in [0.2, 0.25) is 0 Å².